The van der Waals surface area contributed by atoms with Gasteiger partial charge in [-0.15, -0.1) is 0 Å². The van der Waals surface area contributed by atoms with Crippen molar-refractivity contribution in [2.45, 2.75) is 6.92 Å². The average Bonchev–Trinajstić information content (AvgIpc) is 2.92. The maximum atomic E-state index is 12.6. The first kappa shape index (κ1) is 15.9. The minimum Gasteiger partial charge on any atom is -0.496 e. The van der Waals surface area contributed by atoms with Crippen LogP contribution in [0.5, 0.6) is 23.0 Å². The number of carbonyl (C=O) groups excluding carboxylic acids is 1. The number of Topliss-reactive ketones (excluding diaryl/α,β-unsaturated/α-hetero) is 1. The van der Waals surface area contributed by atoms with Crippen LogP contribution in [0.1, 0.15) is 21.5 Å². The van der Waals surface area contributed by atoms with Crippen molar-refractivity contribution in [1.82, 2.24) is 0 Å². The van der Waals surface area contributed by atoms with Gasteiger partial charge in [-0.05, 0) is 31.2 Å². The Balaban J connectivity index is 2.05. The maximum Gasteiger partial charge on any atom is 0.231 e. The minimum atomic E-state index is -0.166. The normalized spacial score (nSPS) is 14.3. The zero-order valence-corrected chi connectivity index (χ0v) is 14.0. The lowest BCUT2D eigenvalue weighted by Crippen LogP contribution is -1.99. The van der Waals surface area contributed by atoms with E-state index in [4.69, 9.17) is 18.9 Å². The number of hydrogen-bond donors (Lipinski definition) is 0. The molecule has 0 unspecified atom stereocenters. The third kappa shape index (κ3) is 2.48. The summed E-state index contributed by atoms with van der Waals surface area (Å²) in [5.41, 5.74) is 2.03. The number of benzene rings is 2. The van der Waals surface area contributed by atoms with Crippen molar-refractivity contribution in [3.63, 3.8) is 0 Å². The molecular formula is C19H18O5. The van der Waals surface area contributed by atoms with Crippen LogP contribution < -0.4 is 18.9 Å². The molecule has 5 nitrogen and oxygen atoms in total. The molecule has 24 heavy (non-hydrogen) atoms. The molecule has 0 aromatic heterocycles. The summed E-state index contributed by atoms with van der Waals surface area (Å²) in [6.07, 6.45) is 1.66. The molecule has 1 aliphatic heterocycles. The Kier molecular flexibility index (Phi) is 4.16. The number of ether oxygens (including phenoxy) is 4. The molecule has 0 fully saturated rings. The number of allylic oxidation sites excluding steroid dienone is 1. The van der Waals surface area contributed by atoms with Gasteiger partial charge in [0.2, 0.25) is 5.78 Å². The molecule has 5 heteroatoms. The Hall–Kier alpha value is -2.95. The van der Waals surface area contributed by atoms with Crippen LogP contribution in [-0.4, -0.2) is 27.1 Å². The second-order valence-electron chi connectivity index (χ2n) is 5.29. The predicted octanol–water partition coefficient (Wildman–Crippen LogP) is 3.64. The highest BCUT2D eigenvalue weighted by atomic mass is 16.5. The lowest BCUT2D eigenvalue weighted by molar-refractivity contribution is 0.101. The molecule has 3 rings (SSSR count). The van der Waals surface area contributed by atoms with Gasteiger partial charge in [0.1, 0.15) is 11.5 Å². The van der Waals surface area contributed by atoms with E-state index in [9.17, 15) is 4.79 Å². The molecule has 0 bridgehead atoms. The number of methoxy groups -OCH3 is 3. The lowest BCUT2D eigenvalue weighted by atomic mass is 10.1. The van der Waals surface area contributed by atoms with Crippen LogP contribution >= 0.6 is 0 Å². The van der Waals surface area contributed by atoms with Gasteiger partial charge < -0.3 is 18.9 Å². The monoisotopic (exact) mass is 326 g/mol. The van der Waals surface area contributed by atoms with Crippen LogP contribution in [0.3, 0.4) is 0 Å². The molecule has 0 spiro atoms. The standard InChI is InChI=1S/C19H18O5/c1-11-14(21-2)9-8-13-17(20)16(24-18(11)13)10-12-6-5-7-15(22-3)19(12)23-4/h5-10H,1-4H3/b16-10-. The maximum absolute atomic E-state index is 12.6. The Labute approximate surface area is 140 Å². The topological polar surface area (TPSA) is 54.0 Å². The summed E-state index contributed by atoms with van der Waals surface area (Å²) in [5.74, 6) is 2.43. The van der Waals surface area contributed by atoms with E-state index in [1.165, 1.54) is 0 Å². The molecule has 0 saturated carbocycles. The number of ketones is 1. The number of hydrogen-bond acceptors (Lipinski definition) is 5. The Morgan fingerprint density at radius 3 is 2.38 bits per heavy atom. The lowest BCUT2D eigenvalue weighted by Gasteiger charge is -2.10. The van der Waals surface area contributed by atoms with Crippen molar-refractivity contribution in [1.29, 1.82) is 0 Å². The summed E-state index contributed by atoms with van der Waals surface area (Å²) in [4.78, 5) is 12.6. The summed E-state index contributed by atoms with van der Waals surface area (Å²) >= 11 is 0. The van der Waals surface area contributed by atoms with Crippen molar-refractivity contribution < 1.29 is 23.7 Å². The fourth-order valence-corrected chi connectivity index (χ4v) is 2.76. The van der Waals surface area contributed by atoms with Crippen LogP contribution in [0.15, 0.2) is 36.1 Å². The molecule has 0 amide bonds. The van der Waals surface area contributed by atoms with Crippen LogP contribution in [0.25, 0.3) is 6.08 Å². The van der Waals surface area contributed by atoms with Crippen molar-refractivity contribution >= 4 is 11.9 Å². The van der Waals surface area contributed by atoms with Gasteiger partial charge in [-0.3, -0.25) is 4.79 Å². The van der Waals surface area contributed by atoms with Gasteiger partial charge in [0.15, 0.2) is 17.3 Å². The smallest absolute Gasteiger partial charge is 0.231 e. The SMILES string of the molecule is COc1ccc2c(c1C)O/C(=C\c1cccc(OC)c1OC)C2=O. The predicted molar refractivity (Wildman–Crippen MR) is 90.2 cm³/mol. The molecule has 0 N–H and O–H groups in total. The second-order valence-corrected chi connectivity index (χ2v) is 5.29. The van der Waals surface area contributed by atoms with Crippen LogP contribution in [0.4, 0.5) is 0 Å². The number of carbonyl (C=O) groups is 1. The average molecular weight is 326 g/mol. The van der Waals surface area contributed by atoms with Crippen molar-refractivity contribution in [3.05, 3.63) is 52.8 Å². The molecule has 0 aliphatic carbocycles. The highest BCUT2D eigenvalue weighted by Gasteiger charge is 2.30. The molecule has 124 valence electrons. The largest absolute Gasteiger partial charge is 0.496 e. The first-order valence-corrected chi connectivity index (χ1v) is 7.43. The Morgan fingerprint density at radius 2 is 1.71 bits per heavy atom. The summed E-state index contributed by atoms with van der Waals surface area (Å²) in [7, 11) is 4.71. The fourth-order valence-electron chi connectivity index (χ4n) is 2.76. The van der Waals surface area contributed by atoms with Crippen LogP contribution in [-0.2, 0) is 0 Å². The molecular weight excluding hydrogens is 308 g/mol. The van der Waals surface area contributed by atoms with Gasteiger partial charge in [0.05, 0.1) is 26.9 Å². The van der Waals surface area contributed by atoms with Crippen molar-refractivity contribution in [2.24, 2.45) is 0 Å². The first-order valence-electron chi connectivity index (χ1n) is 7.43. The Morgan fingerprint density at radius 1 is 0.958 bits per heavy atom. The van der Waals surface area contributed by atoms with Crippen molar-refractivity contribution in [3.8, 4) is 23.0 Å². The number of para-hydroxylation sites is 1. The zero-order valence-electron chi connectivity index (χ0n) is 14.0. The molecule has 1 aliphatic rings. The van der Waals surface area contributed by atoms with E-state index in [1.54, 1.807) is 45.6 Å². The third-order valence-electron chi connectivity index (χ3n) is 3.98. The van der Waals surface area contributed by atoms with Gasteiger partial charge in [-0.25, -0.2) is 0 Å². The van der Waals surface area contributed by atoms with E-state index in [1.807, 2.05) is 19.1 Å². The van der Waals surface area contributed by atoms with Crippen LogP contribution in [0, 0.1) is 6.92 Å². The number of rotatable bonds is 4. The summed E-state index contributed by atoms with van der Waals surface area (Å²) in [6, 6.07) is 8.94. The van der Waals surface area contributed by atoms with Gasteiger partial charge in [-0.1, -0.05) is 12.1 Å². The van der Waals surface area contributed by atoms with Crippen LogP contribution in [0.2, 0.25) is 0 Å². The molecule has 2 aromatic rings. The molecule has 0 radical (unpaired) electrons. The minimum absolute atomic E-state index is 0.166. The molecule has 0 saturated heterocycles. The summed E-state index contributed by atoms with van der Waals surface area (Å²) in [6.45, 7) is 1.86. The highest BCUT2D eigenvalue weighted by molar-refractivity contribution is 6.15. The fraction of sp³-hybridized carbons (Fsp3) is 0.211. The molecule has 0 atom stereocenters. The summed E-state index contributed by atoms with van der Waals surface area (Å²) < 4.78 is 21.8. The van der Waals surface area contributed by atoms with Gasteiger partial charge in [0.25, 0.3) is 0 Å². The van der Waals surface area contributed by atoms with E-state index < -0.39 is 0 Å². The molecule has 1 heterocycles. The number of fused-ring (bicyclic) bond motifs is 1. The van der Waals surface area contributed by atoms with E-state index in [-0.39, 0.29) is 11.5 Å². The van der Waals surface area contributed by atoms with E-state index in [0.717, 1.165) is 5.56 Å². The summed E-state index contributed by atoms with van der Waals surface area (Å²) in [5, 5.41) is 0. The van der Waals surface area contributed by atoms with Crippen molar-refractivity contribution in [2.75, 3.05) is 21.3 Å². The van der Waals surface area contributed by atoms with Gasteiger partial charge >= 0.3 is 0 Å². The third-order valence-corrected chi connectivity index (χ3v) is 3.98. The first-order chi connectivity index (χ1) is 11.6. The second kappa shape index (κ2) is 6.28. The van der Waals surface area contributed by atoms with E-state index in [0.29, 0.717) is 34.1 Å². The van der Waals surface area contributed by atoms with E-state index in [2.05, 4.69) is 0 Å². The van der Waals surface area contributed by atoms with Gasteiger partial charge in [-0.2, -0.15) is 0 Å². The van der Waals surface area contributed by atoms with E-state index >= 15 is 0 Å². The highest BCUT2D eigenvalue weighted by Crippen LogP contribution is 2.40. The Bertz CT molecular complexity index is 836. The molecule has 2 aromatic carbocycles. The quantitative estimate of drug-likeness (QED) is 0.803. The van der Waals surface area contributed by atoms with Gasteiger partial charge in [0, 0.05) is 11.1 Å². The zero-order chi connectivity index (χ0) is 17.3.